The van der Waals surface area contributed by atoms with Crippen LogP contribution in [0, 0.1) is 17.8 Å². The summed E-state index contributed by atoms with van der Waals surface area (Å²) in [6.07, 6.45) is 6.24. The van der Waals surface area contributed by atoms with E-state index in [-0.39, 0.29) is 0 Å². The van der Waals surface area contributed by atoms with Gasteiger partial charge in [0.1, 0.15) is 0 Å². The van der Waals surface area contributed by atoms with Gasteiger partial charge in [0.2, 0.25) is 5.91 Å². The topological polar surface area (TPSA) is 32.3 Å². The predicted molar refractivity (Wildman–Crippen MR) is 67.6 cm³/mol. The minimum absolute atomic E-state index is 0.371. The summed E-state index contributed by atoms with van der Waals surface area (Å²) < 4.78 is 0. The van der Waals surface area contributed by atoms with Gasteiger partial charge in [0.05, 0.1) is 0 Å². The number of hydrogen-bond acceptors (Lipinski definition) is 2. The number of nitrogens with one attached hydrogen (secondary N) is 1. The molecule has 0 bridgehead atoms. The lowest BCUT2D eigenvalue weighted by Gasteiger charge is -2.35. The van der Waals surface area contributed by atoms with E-state index < -0.39 is 0 Å². The van der Waals surface area contributed by atoms with Crippen molar-refractivity contribution in [1.29, 1.82) is 0 Å². The van der Waals surface area contributed by atoms with Gasteiger partial charge in [-0.2, -0.15) is 0 Å². The number of hydrogen-bond donors (Lipinski definition) is 1. The number of nitrogens with zero attached hydrogens (tertiary/aromatic N) is 1. The SMILES string of the molecule is CC1CC1C(=O)N1CCC(C2CCCN2)CC1. The van der Waals surface area contributed by atoms with Crippen molar-refractivity contribution in [2.45, 2.75) is 45.1 Å². The zero-order valence-electron chi connectivity index (χ0n) is 10.8. The molecule has 3 nitrogen and oxygen atoms in total. The molecular formula is C14H24N2O. The first-order valence-electron chi connectivity index (χ1n) is 7.28. The largest absolute Gasteiger partial charge is 0.342 e. The van der Waals surface area contributed by atoms with Crippen LogP contribution in [-0.4, -0.2) is 36.5 Å². The predicted octanol–water partition coefficient (Wildman–Crippen LogP) is 1.63. The Bertz CT molecular complexity index is 291. The molecule has 1 N–H and O–H groups in total. The molecule has 3 rings (SSSR count). The molecule has 0 spiro atoms. The molecule has 0 aromatic carbocycles. The van der Waals surface area contributed by atoms with Crippen molar-refractivity contribution >= 4 is 5.91 Å². The summed E-state index contributed by atoms with van der Waals surface area (Å²) in [6, 6.07) is 0.743. The maximum absolute atomic E-state index is 12.1. The standard InChI is InChI=1S/C14H24N2O/c1-10-9-12(10)14(17)16-7-4-11(5-8-16)13-3-2-6-15-13/h10-13,15H,2-9H2,1H3. The van der Waals surface area contributed by atoms with Crippen LogP contribution in [0.2, 0.25) is 0 Å². The van der Waals surface area contributed by atoms with E-state index in [1.807, 2.05) is 0 Å². The number of carbonyl (C=O) groups is 1. The Kier molecular flexibility index (Phi) is 3.12. The van der Waals surface area contributed by atoms with Crippen LogP contribution in [0.15, 0.2) is 0 Å². The van der Waals surface area contributed by atoms with E-state index in [2.05, 4.69) is 17.1 Å². The molecule has 3 atom stereocenters. The van der Waals surface area contributed by atoms with Crippen molar-refractivity contribution in [1.82, 2.24) is 10.2 Å². The molecule has 0 radical (unpaired) electrons. The summed E-state index contributed by atoms with van der Waals surface area (Å²) in [7, 11) is 0. The van der Waals surface area contributed by atoms with E-state index in [4.69, 9.17) is 0 Å². The van der Waals surface area contributed by atoms with Crippen LogP contribution in [-0.2, 0) is 4.79 Å². The van der Waals surface area contributed by atoms with Crippen molar-refractivity contribution in [2.24, 2.45) is 17.8 Å². The van der Waals surface area contributed by atoms with E-state index in [1.165, 1.54) is 32.2 Å². The first-order chi connectivity index (χ1) is 8.25. The first-order valence-corrected chi connectivity index (χ1v) is 7.28. The van der Waals surface area contributed by atoms with Crippen LogP contribution in [0.5, 0.6) is 0 Å². The molecule has 0 aromatic heterocycles. The maximum Gasteiger partial charge on any atom is 0.225 e. The molecule has 1 saturated carbocycles. The summed E-state index contributed by atoms with van der Waals surface area (Å²) in [5.74, 6) is 2.28. The van der Waals surface area contributed by atoms with Crippen LogP contribution < -0.4 is 5.32 Å². The lowest BCUT2D eigenvalue weighted by molar-refractivity contribution is -0.134. The van der Waals surface area contributed by atoms with E-state index in [0.29, 0.717) is 17.7 Å². The third kappa shape index (κ3) is 2.35. The Balaban J connectivity index is 1.48. The Morgan fingerprint density at radius 2 is 1.94 bits per heavy atom. The fraction of sp³-hybridized carbons (Fsp3) is 0.929. The van der Waals surface area contributed by atoms with Crippen molar-refractivity contribution in [3.63, 3.8) is 0 Å². The molecule has 3 aliphatic rings. The van der Waals surface area contributed by atoms with Crippen molar-refractivity contribution < 1.29 is 4.79 Å². The van der Waals surface area contributed by atoms with Gasteiger partial charge in [0.15, 0.2) is 0 Å². The molecule has 1 aliphatic carbocycles. The molecule has 3 heteroatoms. The van der Waals surface area contributed by atoms with Gasteiger partial charge in [-0.3, -0.25) is 4.79 Å². The highest BCUT2D eigenvalue weighted by molar-refractivity contribution is 5.81. The van der Waals surface area contributed by atoms with Crippen LogP contribution >= 0.6 is 0 Å². The highest BCUT2D eigenvalue weighted by atomic mass is 16.2. The fourth-order valence-corrected chi connectivity index (χ4v) is 3.54. The molecule has 3 fully saturated rings. The molecule has 96 valence electrons. The monoisotopic (exact) mass is 236 g/mol. The van der Waals surface area contributed by atoms with Gasteiger partial charge < -0.3 is 10.2 Å². The molecule has 2 aliphatic heterocycles. The number of likely N-dealkylation sites (tertiary alicyclic amines) is 1. The van der Waals surface area contributed by atoms with Gasteiger partial charge in [-0.15, -0.1) is 0 Å². The number of rotatable bonds is 2. The lowest BCUT2D eigenvalue weighted by Crippen LogP contribution is -2.44. The number of carbonyl (C=O) groups excluding carboxylic acids is 1. The Labute approximate surface area is 104 Å². The molecule has 2 saturated heterocycles. The first kappa shape index (κ1) is 11.5. The van der Waals surface area contributed by atoms with Crippen molar-refractivity contribution in [3.8, 4) is 0 Å². The van der Waals surface area contributed by atoms with E-state index >= 15 is 0 Å². The summed E-state index contributed by atoms with van der Waals surface area (Å²) in [5, 5.41) is 3.61. The van der Waals surface area contributed by atoms with Crippen LogP contribution in [0.1, 0.15) is 39.0 Å². The minimum atomic E-state index is 0.371. The quantitative estimate of drug-likeness (QED) is 0.790. The van der Waals surface area contributed by atoms with E-state index in [1.54, 1.807) is 0 Å². The summed E-state index contributed by atoms with van der Waals surface area (Å²) >= 11 is 0. The highest BCUT2D eigenvalue weighted by Gasteiger charge is 2.42. The van der Waals surface area contributed by atoms with Crippen molar-refractivity contribution in [2.75, 3.05) is 19.6 Å². The molecule has 17 heavy (non-hydrogen) atoms. The van der Waals surface area contributed by atoms with Gasteiger partial charge in [-0.25, -0.2) is 0 Å². The average Bonchev–Trinajstić information content (AvgIpc) is 2.88. The van der Waals surface area contributed by atoms with E-state index in [9.17, 15) is 4.79 Å². The van der Waals surface area contributed by atoms with Gasteiger partial charge in [0, 0.05) is 25.0 Å². The van der Waals surface area contributed by atoms with Gasteiger partial charge in [-0.1, -0.05) is 6.92 Å². The smallest absolute Gasteiger partial charge is 0.225 e. The lowest BCUT2D eigenvalue weighted by atomic mass is 9.88. The number of piperidine rings is 1. The molecule has 0 aromatic rings. The summed E-state index contributed by atoms with van der Waals surface area (Å²) in [5.41, 5.74) is 0. The highest BCUT2D eigenvalue weighted by Crippen LogP contribution is 2.40. The zero-order chi connectivity index (χ0) is 11.8. The third-order valence-electron chi connectivity index (χ3n) is 4.95. The zero-order valence-corrected chi connectivity index (χ0v) is 10.8. The van der Waals surface area contributed by atoms with Crippen LogP contribution in [0.3, 0.4) is 0 Å². The summed E-state index contributed by atoms with van der Waals surface area (Å²) in [4.78, 5) is 14.2. The van der Waals surface area contributed by atoms with E-state index in [0.717, 1.165) is 31.5 Å². The minimum Gasteiger partial charge on any atom is -0.342 e. The second-order valence-corrected chi connectivity index (χ2v) is 6.19. The molecule has 3 unspecified atom stereocenters. The Morgan fingerprint density at radius 1 is 1.24 bits per heavy atom. The summed E-state index contributed by atoms with van der Waals surface area (Å²) in [6.45, 7) is 5.40. The van der Waals surface area contributed by atoms with Crippen LogP contribution in [0.4, 0.5) is 0 Å². The third-order valence-corrected chi connectivity index (χ3v) is 4.95. The maximum atomic E-state index is 12.1. The average molecular weight is 236 g/mol. The van der Waals surface area contributed by atoms with Crippen LogP contribution in [0.25, 0.3) is 0 Å². The van der Waals surface area contributed by atoms with Gasteiger partial charge in [-0.05, 0) is 50.5 Å². The fourth-order valence-electron chi connectivity index (χ4n) is 3.54. The van der Waals surface area contributed by atoms with Gasteiger partial charge >= 0.3 is 0 Å². The molecule has 1 amide bonds. The van der Waals surface area contributed by atoms with Gasteiger partial charge in [0.25, 0.3) is 0 Å². The second-order valence-electron chi connectivity index (χ2n) is 6.19. The van der Waals surface area contributed by atoms with Crippen molar-refractivity contribution in [3.05, 3.63) is 0 Å². The molecule has 2 heterocycles. The normalized spacial score (nSPS) is 38.4. The number of amides is 1. The second kappa shape index (κ2) is 4.60. The Hall–Kier alpha value is -0.570. The Morgan fingerprint density at radius 3 is 2.47 bits per heavy atom. The molecular weight excluding hydrogens is 212 g/mol.